The quantitative estimate of drug-likeness (QED) is 0.0136. The molecule has 0 radical (unpaired) electrons. The molecule has 0 spiro atoms. The normalized spacial score (nSPS) is 15.5. The van der Waals surface area contributed by atoms with E-state index in [1.807, 2.05) is 0 Å². The second-order valence-corrected chi connectivity index (χ2v) is 16.2. The molecule has 62 heavy (non-hydrogen) atoms. The van der Waals surface area contributed by atoms with E-state index in [1.165, 1.54) is 54.6 Å². The van der Waals surface area contributed by atoms with Crippen LogP contribution in [0, 0.1) is 0 Å². The minimum atomic E-state index is -5.43. The van der Waals surface area contributed by atoms with E-state index in [2.05, 4.69) is 36.3 Å². The van der Waals surface area contributed by atoms with Crippen molar-refractivity contribution in [2.75, 3.05) is 16.6 Å². The van der Waals surface area contributed by atoms with Gasteiger partial charge in [-0.15, -0.1) is 5.11 Å². The van der Waals surface area contributed by atoms with E-state index < -0.39 is 84.9 Å². The number of nitrogens with two attached hydrogens (primary N) is 2. The predicted octanol–water partition coefficient (Wildman–Crippen LogP) is -6.41. The first-order valence-corrected chi connectivity index (χ1v) is 20.4. The zero-order valence-corrected chi connectivity index (χ0v) is 40.8. The van der Waals surface area contributed by atoms with Crippen molar-refractivity contribution in [3.05, 3.63) is 124 Å². The van der Waals surface area contributed by atoms with Crippen LogP contribution in [0.2, 0.25) is 0 Å². The molecule has 6 rings (SSSR count). The van der Waals surface area contributed by atoms with Gasteiger partial charge in [0.15, 0.2) is 5.71 Å². The van der Waals surface area contributed by atoms with Crippen molar-refractivity contribution in [2.24, 2.45) is 31.2 Å². The second-order valence-electron chi connectivity index (χ2n) is 12.1. The first kappa shape index (κ1) is 52.1. The van der Waals surface area contributed by atoms with Crippen molar-refractivity contribution in [1.82, 2.24) is 0 Å². The molecule has 302 valence electrons. The molecule has 0 heterocycles. The maximum absolute atomic E-state index is 13.7. The third-order valence-corrected chi connectivity index (χ3v) is 10.6. The molecule has 0 aliphatic heterocycles. The fourth-order valence-electron chi connectivity index (χ4n) is 5.23. The number of hydrazone groups is 2. The monoisotopic (exact) mass is 927 g/mol. The van der Waals surface area contributed by atoms with Crippen molar-refractivity contribution in [2.45, 2.75) is 9.79 Å². The summed E-state index contributed by atoms with van der Waals surface area (Å²) in [7, 11) is -15.5. The van der Waals surface area contributed by atoms with Gasteiger partial charge in [-0.05, 0) is 102 Å². The van der Waals surface area contributed by atoms with Crippen LogP contribution in [0.4, 0.5) is 34.1 Å². The molecule has 0 bridgehead atoms. The van der Waals surface area contributed by atoms with Crippen molar-refractivity contribution in [3.63, 3.8) is 0 Å². The summed E-state index contributed by atoms with van der Waals surface area (Å²) in [5.41, 5.74) is 14.4. The number of benzene rings is 4. The Kier molecular flexibility index (Phi) is 17.6. The second kappa shape index (κ2) is 21.0. The average Bonchev–Trinajstić information content (AvgIpc) is 3.16. The topological polar surface area (TPSA) is 364 Å². The van der Waals surface area contributed by atoms with E-state index in [9.17, 15) is 53.6 Å². The van der Waals surface area contributed by atoms with Gasteiger partial charge in [0.2, 0.25) is 11.6 Å². The molecule has 2 aliphatic carbocycles. The molecule has 0 saturated heterocycles. The first-order valence-electron chi connectivity index (χ1n) is 16.2. The molecule has 4 aromatic carbocycles. The van der Waals surface area contributed by atoms with E-state index >= 15 is 0 Å². The number of fused-ring (bicyclic) bond motifs is 1. The molecule has 0 unspecified atom stereocenters. The van der Waals surface area contributed by atoms with Crippen LogP contribution >= 0.6 is 0 Å². The SMILES string of the molecule is NC1=CC(=O)/C(=N/Nc2ccc(N=C([O-])c3ccc(N=Nc4c(S(=O)(=O)[O-])cc5c(c4N)C(=O)/C(=N/Nc4ccc(S(=O)(=O)[O-])cc4)C(S(=O)(=O)O)=C5)cc3)cc2)C=C1.[Na+].[Na+].[Na+]. The largest absolute Gasteiger partial charge is 1.00 e. The van der Waals surface area contributed by atoms with Crippen LogP contribution in [0.3, 0.4) is 0 Å². The summed E-state index contributed by atoms with van der Waals surface area (Å²) in [4.78, 5) is 26.9. The number of anilines is 3. The number of aliphatic imine (C=N–C) groups is 1. The molecule has 7 N–H and O–H groups in total. The molecule has 2 aliphatic rings. The van der Waals surface area contributed by atoms with Gasteiger partial charge in [-0.1, -0.05) is 12.1 Å². The van der Waals surface area contributed by atoms with Crippen molar-refractivity contribution in [1.29, 1.82) is 0 Å². The van der Waals surface area contributed by atoms with Gasteiger partial charge in [0.05, 0.1) is 43.8 Å². The maximum Gasteiger partial charge on any atom is 1.00 e. The average molecular weight is 928 g/mol. The Labute approximate surface area is 419 Å². The van der Waals surface area contributed by atoms with Crippen molar-refractivity contribution in [3.8, 4) is 0 Å². The Balaban J connectivity index is 0.00000341. The molecule has 0 atom stereocenters. The van der Waals surface area contributed by atoms with Crippen molar-refractivity contribution >= 4 is 99.4 Å². The van der Waals surface area contributed by atoms with Gasteiger partial charge in [0, 0.05) is 11.8 Å². The Bertz CT molecular complexity index is 3010. The Hall–Kier alpha value is -4.22. The smallest absolute Gasteiger partial charge is 0.858 e. The third kappa shape index (κ3) is 12.5. The number of Topliss-reactive ketones (excluding diaryl/α,β-unsaturated/α-hetero) is 1. The molecule has 4 aromatic rings. The van der Waals surface area contributed by atoms with Crippen LogP contribution in [-0.2, 0) is 35.1 Å². The number of ketones is 2. The van der Waals surface area contributed by atoms with Gasteiger partial charge < -0.3 is 25.7 Å². The summed E-state index contributed by atoms with van der Waals surface area (Å²) >= 11 is 0. The third-order valence-electron chi connectivity index (χ3n) is 8.05. The number of nitrogens with zero attached hydrogens (tertiary/aromatic N) is 5. The Morgan fingerprint density at radius 1 is 0.694 bits per heavy atom. The number of rotatable bonds is 11. The summed E-state index contributed by atoms with van der Waals surface area (Å²) in [6, 6.07) is 15.9. The minimum Gasteiger partial charge on any atom is -0.858 e. The molecular formula is C35H24N9Na3O12S3. The number of carbonyl (C=O) groups is 2. The molecule has 0 aromatic heterocycles. The van der Waals surface area contributed by atoms with Crippen LogP contribution in [0.5, 0.6) is 0 Å². The Morgan fingerprint density at radius 3 is 1.81 bits per heavy atom. The van der Waals surface area contributed by atoms with Gasteiger partial charge >= 0.3 is 88.7 Å². The fourth-order valence-corrected chi connectivity index (χ4v) is 7.01. The number of hydrogen-bond donors (Lipinski definition) is 5. The van der Waals surface area contributed by atoms with Crippen LogP contribution in [0.25, 0.3) is 6.08 Å². The number of carbonyl (C=O) groups excluding carboxylic acids is 2. The van der Waals surface area contributed by atoms with Crippen LogP contribution in [-0.4, -0.2) is 67.8 Å². The number of nitrogens with one attached hydrogen (secondary N) is 2. The molecule has 0 saturated carbocycles. The van der Waals surface area contributed by atoms with Crippen molar-refractivity contribution < 1.29 is 142 Å². The minimum absolute atomic E-state index is 0. The van der Waals surface area contributed by atoms with E-state index in [0.29, 0.717) is 23.5 Å². The van der Waals surface area contributed by atoms with E-state index in [0.717, 1.165) is 24.3 Å². The zero-order chi connectivity index (χ0) is 42.9. The first-order chi connectivity index (χ1) is 27.7. The fraction of sp³-hybridized carbons (Fsp3) is 0. The number of azo groups is 1. The van der Waals surface area contributed by atoms with Gasteiger partial charge in [0.1, 0.15) is 36.5 Å². The Morgan fingerprint density at radius 2 is 1.26 bits per heavy atom. The molecular weight excluding hydrogens is 904 g/mol. The summed E-state index contributed by atoms with van der Waals surface area (Å²) in [6.45, 7) is 0. The molecule has 0 amide bonds. The molecule has 0 fully saturated rings. The van der Waals surface area contributed by atoms with E-state index in [-0.39, 0.29) is 123 Å². The summed E-state index contributed by atoms with van der Waals surface area (Å²) in [5, 5.41) is 28.3. The van der Waals surface area contributed by atoms with Crippen LogP contribution in [0.15, 0.2) is 143 Å². The summed E-state index contributed by atoms with van der Waals surface area (Å²) < 4.78 is 105. The predicted molar refractivity (Wildman–Crippen MR) is 209 cm³/mol. The number of hydrogen-bond acceptors (Lipinski definition) is 20. The zero-order valence-electron chi connectivity index (χ0n) is 32.4. The van der Waals surface area contributed by atoms with Gasteiger partial charge in [-0.25, -0.2) is 16.8 Å². The standard InChI is InChI=1S/C35H27N9O12S3.3Na/c36-20-3-14-26(27(45)17-20)42-39-23-8-6-21(7-9-23)38-35(47)18-1-4-22(5-2-18)40-43-32-28(58(51,52)53)15-19-16-29(59(54,55)56)33(34(46)30(19)31(32)37)44-41-24-10-12-25(13-11-24)57(48,49)50;;;/h1-17,39,41H,36-37H2,(H,38,47)(H,48,49,50)(H,51,52,53)(H,54,55,56);;;/q;3*+1/p-3/b42-26+,43-40?,44-33+;;;. The van der Waals surface area contributed by atoms with Crippen LogP contribution < -0.4 is 116 Å². The molecule has 27 heteroatoms. The van der Waals surface area contributed by atoms with E-state index in [1.54, 1.807) is 12.1 Å². The maximum atomic E-state index is 13.7. The van der Waals surface area contributed by atoms with E-state index in [4.69, 9.17) is 11.5 Å². The molecule has 21 nitrogen and oxygen atoms in total. The summed E-state index contributed by atoms with van der Waals surface area (Å²) in [5.74, 6) is -2.32. The van der Waals surface area contributed by atoms with Gasteiger partial charge in [-0.2, -0.15) is 23.7 Å². The summed E-state index contributed by atoms with van der Waals surface area (Å²) in [6.07, 6.45) is 4.86. The van der Waals surface area contributed by atoms with Crippen LogP contribution in [0.1, 0.15) is 21.5 Å². The van der Waals surface area contributed by atoms with Gasteiger partial charge in [0.25, 0.3) is 10.1 Å². The van der Waals surface area contributed by atoms with Gasteiger partial charge in [-0.3, -0.25) is 30.0 Å². The number of allylic oxidation sites excluding steroid dienone is 4. The number of nitrogen functional groups attached to an aromatic ring is 1.